The molecule has 4 rings (SSSR count). The maximum Gasteiger partial charge on any atom is 0.228 e. The number of aliphatic hydroxyl groups excluding tert-OH is 4. The van der Waals surface area contributed by atoms with Crippen molar-refractivity contribution in [3.63, 3.8) is 0 Å². The Morgan fingerprint density at radius 1 is 0.594 bits per heavy atom. The van der Waals surface area contributed by atoms with Crippen LogP contribution in [0.15, 0.2) is 0 Å². The van der Waals surface area contributed by atoms with Gasteiger partial charge in [0.25, 0.3) is 0 Å². The summed E-state index contributed by atoms with van der Waals surface area (Å²) in [5, 5.41) is 44.7. The first kappa shape index (κ1) is 22.6. The first-order valence-corrected chi connectivity index (χ1v) is 11.2. The van der Waals surface area contributed by atoms with Crippen molar-refractivity contribution in [2.45, 2.75) is 37.8 Å². The van der Waals surface area contributed by atoms with Crippen LogP contribution in [-0.4, -0.2) is 105 Å². The molecule has 0 spiro atoms. The van der Waals surface area contributed by atoms with Gasteiger partial charge in [0, 0.05) is 38.3 Å². The lowest BCUT2D eigenvalue weighted by Gasteiger charge is -2.24. The molecule has 0 unspecified atom stereocenters. The van der Waals surface area contributed by atoms with Crippen LogP contribution in [0.4, 0.5) is 23.5 Å². The van der Waals surface area contributed by atoms with E-state index in [-0.39, 0.29) is 26.4 Å². The average molecular weight is 449 g/mol. The minimum Gasteiger partial charge on any atom is -0.395 e. The zero-order valence-corrected chi connectivity index (χ0v) is 18.1. The molecule has 0 bridgehead atoms. The number of aliphatic hydroxyl groups is 4. The number of nitrogens with one attached hydrogen (secondary N) is 2. The molecule has 0 amide bonds. The van der Waals surface area contributed by atoms with Crippen LogP contribution in [0.1, 0.15) is 25.7 Å². The highest BCUT2D eigenvalue weighted by Crippen LogP contribution is 2.34. The van der Waals surface area contributed by atoms with Gasteiger partial charge in [-0.1, -0.05) is 0 Å². The summed E-state index contributed by atoms with van der Waals surface area (Å²) >= 11 is 0. The molecular weight excluding hydrogens is 416 g/mol. The van der Waals surface area contributed by atoms with Gasteiger partial charge >= 0.3 is 0 Å². The summed E-state index contributed by atoms with van der Waals surface area (Å²) in [7, 11) is 0. The Kier molecular flexibility index (Phi) is 7.35. The predicted octanol–water partition coefficient (Wildman–Crippen LogP) is -0.850. The molecule has 2 fully saturated rings. The highest BCUT2D eigenvalue weighted by atomic mass is 16.3. The van der Waals surface area contributed by atoms with Gasteiger partial charge in [-0.3, -0.25) is 0 Å². The van der Waals surface area contributed by atoms with E-state index in [4.69, 9.17) is 19.9 Å². The van der Waals surface area contributed by atoms with E-state index in [1.165, 1.54) is 0 Å². The molecule has 12 nitrogen and oxygen atoms in total. The Balaban J connectivity index is 1.84. The molecule has 2 aromatic heterocycles. The lowest BCUT2D eigenvalue weighted by atomic mass is 10.3. The minimum atomic E-state index is -0.0906. The van der Waals surface area contributed by atoms with Gasteiger partial charge in [0.05, 0.1) is 26.4 Å². The van der Waals surface area contributed by atoms with Crippen LogP contribution in [-0.2, 0) is 0 Å². The molecule has 2 aliphatic rings. The number of rotatable bonds is 14. The van der Waals surface area contributed by atoms with Crippen molar-refractivity contribution >= 4 is 34.6 Å². The summed E-state index contributed by atoms with van der Waals surface area (Å²) in [5.41, 5.74) is 1.12. The van der Waals surface area contributed by atoms with E-state index in [9.17, 15) is 20.4 Å². The van der Waals surface area contributed by atoms with Gasteiger partial charge in [0.1, 0.15) is 11.0 Å². The van der Waals surface area contributed by atoms with Crippen molar-refractivity contribution in [3.8, 4) is 0 Å². The van der Waals surface area contributed by atoms with Crippen molar-refractivity contribution in [2.24, 2.45) is 0 Å². The fourth-order valence-electron chi connectivity index (χ4n) is 3.42. The van der Waals surface area contributed by atoms with Gasteiger partial charge in [-0.25, -0.2) is 9.97 Å². The van der Waals surface area contributed by atoms with Crippen molar-refractivity contribution in [3.05, 3.63) is 0 Å². The lowest BCUT2D eigenvalue weighted by molar-refractivity contribution is 0.279. The number of hydrogen-bond acceptors (Lipinski definition) is 12. The van der Waals surface area contributed by atoms with Gasteiger partial charge in [0.15, 0.2) is 11.6 Å². The number of anilines is 4. The average Bonchev–Trinajstić information content (AvgIpc) is 3.71. The van der Waals surface area contributed by atoms with Crippen LogP contribution in [0.3, 0.4) is 0 Å². The van der Waals surface area contributed by atoms with Gasteiger partial charge < -0.3 is 40.9 Å². The third kappa shape index (κ3) is 5.44. The Morgan fingerprint density at radius 3 is 1.22 bits per heavy atom. The van der Waals surface area contributed by atoms with Crippen molar-refractivity contribution in [1.82, 2.24) is 19.9 Å². The van der Waals surface area contributed by atoms with E-state index < -0.39 is 0 Å². The third-order valence-electron chi connectivity index (χ3n) is 5.40. The van der Waals surface area contributed by atoms with E-state index in [0.29, 0.717) is 72.8 Å². The number of aromatic nitrogens is 4. The molecule has 0 aromatic carbocycles. The SMILES string of the molecule is OCCN(CCO)c1nc(NC2CC2)c2nc(N(CCO)CCO)nc(NC3CC3)c2n1. The van der Waals surface area contributed by atoms with Gasteiger partial charge in [-0.15, -0.1) is 0 Å². The minimum absolute atomic E-state index is 0.0906. The number of nitrogens with zero attached hydrogens (tertiary/aromatic N) is 6. The van der Waals surface area contributed by atoms with E-state index in [2.05, 4.69) is 10.6 Å². The Hall–Kier alpha value is -2.54. The first-order chi connectivity index (χ1) is 15.7. The molecule has 2 aromatic rings. The highest BCUT2D eigenvalue weighted by Gasteiger charge is 2.28. The molecule has 0 radical (unpaired) electrons. The molecule has 32 heavy (non-hydrogen) atoms. The van der Waals surface area contributed by atoms with Gasteiger partial charge in [-0.2, -0.15) is 9.97 Å². The quantitative estimate of drug-likeness (QED) is 0.212. The Bertz CT molecular complexity index is 824. The standard InChI is InChI=1S/C20H32N8O4/c29-9-5-27(6-10-30)19-24-16-15(17(25-19)21-13-1-2-13)23-20(28(7-11-31)8-12-32)26-18(16)22-14-3-4-14/h13-14,29-32H,1-12H2,(H,21,24,25)(H,22,23,26). The van der Waals surface area contributed by atoms with Crippen molar-refractivity contribution < 1.29 is 20.4 Å². The molecular formula is C20H32N8O4. The lowest BCUT2D eigenvalue weighted by Crippen LogP contribution is -2.32. The molecule has 0 aliphatic heterocycles. The maximum absolute atomic E-state index is 9.47. The molecule has 2 saturated carbocycles. The van der Waals surface area contributed by atoms with E-state index in [1.807, 2.05) is 0 Å². The van der Waals surface area contributed by atoms with E-state index >= 15 is 0 Å². The first-order valence-electron chi connectivity index (χ1n) is 11.2. The third-order valence-corrected chi connectivity index (χ3v) is 5.40. The summed E-state index contributed by atoms with van der Waals surface area (Å²) in [5.74, 6) is 1.93. The second kappa shape index (κ2) is 10.4. The second-order valence-corrected chi connectivity index (χ2v) is 8.15. The maximum atomic E-state index is 9.47. The Morgan fingerprint density at radius 2 is 0.938 bits per heavy atom. The zero-order chi connectivity index (χ0) is 22.5. The molecule has 0 saturated heterocycles. The second-order valence-electron chi connectivity index (χ2n) is 8.15. The van der Waals surface area contributed by atoms with Gasteiger partial charge in [-0.05, 0) is 25.7 Å². The van der Waals surface area contributed by atoms with E-state index in [1.54, 1.807) is 9.80 Å². The monoisotopic (exact) mass is 448 g/mol. The summed E-state index contributed by atoms with van der Waals surface area (Å²) in [6.07, 6.45) is 4.18. The molecule has 2 aliphatic carbocycles. The highest BCUT2D eigenvalue weighted by molar-refractivity contribution is 5.94. The fourth-order valence-corrected chi connectivity index (χ4v) is 3.42. The smallest absolute Gasteiger partial charge is 0.228 e. The normalized spacial score (nSPS) is 15.8. The topological polar surface area (TPSA) is 163 Å². The summed E-state index contributed by atoms with van der Waals surface area (Å²) < 4.78 is 0. The summed E-state index contributed by atoms with van der Waals surface area (Å²) in [6, 6.07) is 0.628. The number of hydrogen-bond donors (Lipinski definition) is 6. The molecule has 6 N–H and O–H groups in total. The molecule has 2 heterocycles. The molecule has 0 atom stereocenters. The largest absolute Gasteiger partial charge is 0.395 e. The zero-order valence-electron chi connectivity index (χ0n) is 18.1. The Labute approximate surface area is 186 Å². The predicted molar refractivity (Wildman–Crippen MR) is 121 cm³/mol. The van der Waals surface area contributed by atoms with Crippen LogP contribution < -0.4 is 20.4 Å². The van der Waals surface area contributed by atoms with Crippen LogP contribution in [0, 0.1) is 0 Å². The van der Waals surface area contributed by atoms with Crippen LogP contribution in [0.5, 0.6) is 0 Å². The number of fused-ring (bicyclic) bond motifs is 1. The summed E-state index contributed by atoms with van der Waals surface area (Å²) in [4.78, 5) is 22.3. The molecule has 176 valence electrons. The van der Waals surface area contributed by atoms with Crippen LogP contribution in [0.25, 0.3) is 11.0 Å². The van der Waals surface area contributed by atoms with Crippen LogP contribution >= 0.6 is 0 Å². The van der Waals surface area contributed by atoms with Crippen molar-refractivity contribution in [2.75, 3.05) is 73.0 Å². The van der Waals surface area contributed by atoms with Crippen LogP contribution in [0.2, 0.25) is 0 Å². The summed E-state index contributed by atoms with van der Waals surface area (Å²) in [6.45, 7) is 0.804. The van der Waals surface area contributed by atoms with Crippen molar-refractivity contribution in [1.29, 1.82) is 0 Å². The molecule has 12 heteroatoms. The van der Waals surface area contributed by atoms with E-state index in [0.717, 1.165) is 25.7 Å². The van der Waals surface area contributed by atoms with Gasteiger partial charge in [0.2, 0.25) is 11.9 Å². The fraction of sp³-hybridized carbons (Fsp3) is 0.700.